The van der Waals surface area contributed by atoms with Gasteiger partial charge in [0.25, 0.3) is 5.91 Å². The lowest BCUT2D eigenvalue weighted by Crippen LogP contribution is -2.13. The van der Waals surface area contributed by atoms with Gasteiger partial charge in [0.2, 0.25) is 5.91 Å². The van der Waals surface area contributed by atoms with Crippen LogP contribution in [0.5, 0.6) is 0 Å². The minimum Gasteiger partial charge on any atom is -0.397 e. The topological polar surface area (TPSA) is 163 Å². The zero-order chi connectivity index (χ0) is 33.7. The molecule has 0 saturated heterocycles. The number of thiophene rings is 1. The fraction of sp³-hybridized carbons (Fsp3) is 0.139. The molecule has 6 aromatic rings. The Kier molecular flexibility index (Phi) is 9.26. The number of nitrogens with two attached hydrogens (primary N) is 1. The molecule has 2 amide bonds. The third-order valence-corrected chi connectivity index (χ3v) is 9.54. The highest BCUT2D eigenvalue weighted by atomic mass is 32.2. The number of benzene rings is 3. The second-order valence-corrected chi connectivity index (χ2v) is 13.6. The first kappa shape index (κ1) is 31.9. The second-order valence-electron chi connectivity index (χ2n) is 11.7. The number of anilines is 6. The van der Waals surface area contributed by atoms with Crippen molar-refractivity contribution in [1.82, 2.24) is 20.2 Å². The average Bonchev–Trinajstić information content (AvgIpc) is 3.66. The molecule has 7 rings (SSSR count). The van der Waals surface area contributed by atoms with Crippen molar-refractivity contribution in [3.8, 4) is 10.4 Å². The molecule has 7 N–H and O–H groups in total. The van der Waals surface area contributed by atoms with Gasteiger partial charge in [-0.15, -0.1) is 11.3 Å². The molecule has 0 bridgehead atoms. The van der Waals surface area contributed by atoms with Gasteiger partial charge in [-0.05, 0) is 103 Å². The minimum atomic E-state index is -0.241. The third kappa shape index (κ3) is 8.26. The number of aryl methyl sites for hydroxylation is 1. The summed E-state index contributed by atoms with van der Waals surface area (Å²) in [4.78, 5) is 36.7. The number of carbonyl (C=O) groups excluding carboxylic acids is 2. The summed E-state index contributed by atoms with van der Waals surface area (Å²) < 4.78 is 0. The van der Waals surface area contributed by atoms with Gasteiger partial charge in [0.05, 0.1) is 11.4 Å². The van der Waals surface area contributed by atoms with E-state index in [4.69, 9.17) is 15.7 Å². The normalized spacial score (nSPS) is 12.3. The van der Waals surface area contributed by atoms with E-state index in [1.54, 1.807) is 29.5 Å². The van der Waals surface area contributed by atoms with Crippen LogP contribution in [0.4, 0.5) is 34.5 Å². The van der Waals surface area contributed by atoms with Crippen LogP contribution in [-0.2, 0) is 11.3 Å². The molecule has 0 unspecified atom stereocenters. The molecule has 0 spiro atoms. The molecular weight excluding hydrogens is 655 g/mol. The molecule has 0 aliphatic heterocycles. The van der Waals surface area contributed by atoms with Gasteiger partial charge in [-0.1, -0.05) is 24.3 Å². The average molecular weight is 688 g/mol. The van der Waals surface area contributed by atoms with Gasteiger partial charge in [-0.3, -0.25) is 14.7 Å². The lowest BCUT2D eigenvalue weighted by atomic mass is 10.1. The monoisotopic (exact) mass is 687 g/mol. The maximum absolute atomic E-state index is 13.1. The van der Waals surface area contributed by atoms with Crippen molar-refractivity contribution >= 4 is 69.4 Å². The van der Waals surface area contributed by atoms with Gasteiger partial charge in [0.1, 0.15) is 11.6 Å². The van der Waals surface area contributed by atoms with E-state index in [1.165, 1.54) is 11.8 Å². The highest BCUT2D eigenvalue weighted by molar-refractivity contribution is 7.99. The molecule has 13 heteroatoms. The van der Waals surface area contributed by atoms with Crippen LogP contribution in [0.15, 0.2) is 106 Å². The summed E-state index contributed by atoms with van der Waals surface area (Å²) in [5.74, 6) is 1.81. The zero-order valence-corrected chi connectivity index (χ0v) is 28.1. The highest BCUT2D eigenvalue weighted by Crippen LogP contribution is 2.33. The molecule has 0 radical (unpaired) electrons. The Hall–Kier alpha value is -5.66. The number of hydrogen-bond donors (Lipinski definition) is 6. The summed E-state index contributed by atoms with van der Waals surface area (Å²) in [6.45, 7) is 2.40. The van der Waals surface area contributed by atoms with Crippen molar-refractivity contribution in [3.05, 3.63) is 113 Å². The Balaban J connectivity index is 1.02. The van der Waals surface area contributed by atoms with E-state index in [0.29, 0.717) is 46.1 Å². The van der Waals surface area contributed by atoms with Crippen LogP contribution < -0.4 is 27.0 Å². The summed E-state index contributed by atoms with van der Waals surface area (Å²) >= 11 is 3.04. The van der Waals surface area contributed by atoms with Crippen LogP contribution in [0.3, 0.4) is 0 Å². The number of rotatable bonds is 12. The molecule has 246 valence electrons. The van der Waals surface area contributed by atoms with Gasteiger partial charge >= 0.3 is 0 Å². The molecule has 1 aliphatic rings. The van der Waals surface area contributed by atoms with Gasteiger partial charge < -0.3 is 27.0 Å². The lowest BCUT2D eigenvalue weighted by Gasteiger charge is -2.12. The summed E-state index contributed by atoms with van der Waals surface area (Å²) in [5, 5.41) is 22.3. The van der Waals surface area contributed by atoms with Crippen LogP contribution in [0, 0.1) is 12.8 Å². The number of amides is 2. The molecule has 3 aromatic heterocycles. The Labute approximate surface area is 291 Å². The van der Waals surface area contributed by atoms with Crippen LogP contribution in [0.25, 0.3) is 10.4 Å². The van der Waals surface area contributed by atoms with E-state index in [1.807, 2.05) is 85.1 Å². The molecule has 1 saturated carbocycles. The van der Waals surface area contributed by atoms with Gasteiger partial charge in [-0.2, -0.15) is 5.10 Å². The predicted octanol–water partition coefficient (Wildman–Crippen LogP) is 7.93. The number of aromatic nitrogens is 4. The van der Waals surface area contributed by atoms with E-state index >= 15 is 0 Å². The summed E-state index contributed by atoms with van der Waals surface area (Å²) in [6.07, 6.45) is 1.92. The Bertz CT molecular complexity index is 2090. The number of nitrogens with zero attached hydrogens (tertiary/aromatic N) is 3. The summed E-state index contributed by atoms with van der Waals surface area (Å²) in [6, 6.07) is 28.4. The summed E-state index contributed by atoms with van der Waals surface area (Å²) in [7, 11) is 0. The molecular formula is C36H33N9O2S2. The van der Waals surface area contributed by atoms with E-state index in [0.717, 1.165) is 45.1 Å². The number of nitrogen functional groups attached to an aromatic ring is 1. The number of nitrogens with one attached hydrogen (secondary N) is 5. The van der Waals surface area contributed by atoms with Gasteiger partial charge in [-0.25, -0.2) is 9.97 Å². The molecule has 0 atom stereocenters. The molecule has 3 aromatic carbocycles. The van der Waals surface area contributed by atoms with Crippen molar-refractivity contribution in [3.63, 3.8) is 0 Å². The number of carbonyl (C=O) groups is 2. The second kappa shape index (κ2) is 14.2. The van der Waals surface area contributed by atoms with E-state index in [2.05, 4.69) is 31.5 Å². The Morgan fingerprint density at radius 3 is 2.43 bits per heavy atom. The Morgan fingerprint density at radius 1 is 0.918 bits per heavy atom. The van der Waals surface area contributed by atoms with Crippen LogP contribution in [0.1, 0.15) is 34.5 Å². The maximum Gasteiger partial charge on any atom is 0.255 e. The van der Waals surface area contributed by atoms with Crippen molar-refractivity contribution in [2.45, 2.75) is 36.4 Å². The first-order valence-electron chi connectivity index (χ1n) is 15.7. The van der Waals surface area contributed by atoms with E-state index < -0.39 is 0 Å². The maximum atomic E-state index is 13.1. The SMILES string of the molecule is Cc1cc(Nc2cc(NCc3ccc(C(=O)Nc4cc(-c5cccs5)ccc4N)cc3)nc(Sc3ccc(NC(=O)C4CC4)cc3)n2)n[nH]1. The van der Waals surface area contributed by atoms with E-state index in [-0.39, 0.29) is 17.7 Å². The zero-order valence-electron chi connectivity index (χ0n) is 26.5. The van der Waals surface area contributed by atoms with Crippen LogP contribution >= 0.6 is 23.1 Å². The van der Waals surface area contributed by atoms with Crippen LogP contribution in [-0.4, -0.2) is 32.0 Å². The summed E-state index contributed by atoms with van der Waals surface area (Å²) in [5.41, 5.74) is 11.4. The largest absolute Gasteiger partial charge is 0.397 e. The predicted molar refractivity (Wildman–Crippen MR) is 196 cm³/mol. The van der Waals surface area contributed by atoms with E-state index in [9.17, 15) is 9.59 Å². The lowest BCUT2D eigenvalue weighted by molar-refractivity contribution is -0.117. The molecule has 3 heterocycles. The van der Waals surface area contributed by atoms with Gasteiger partial charge in [0.15, 0.2) is 11.0 Å². The fourth-order valence-corrected chi connectivity index (χ4v) is 6.46. The number of hydrogen-bond acceptors (Lipinski definition) is 10. The first-order chi connectivity index (χ1) is 23.8. The van der Waals surface area contributed by atoms with Gasteiger partial charge in [0, 0.05) is 51.3 Å². The van der Waals surface area contributed by atoms with Crippen molar-refractivity contribution in [2.75, 3.05) is 27.0 Å². The van der Waals surface area contributed by atoms with Crippen LogP contribution in [0.2, 0.25) is 0 Å². The first-order valence-corrected chi connectivity index (χ1v) is 17.4. The van der Waals surface area contributed by atoms with Crippen molar-refractivity contribution in [2.24, 2.45) is 5.92 Å². The highest BCUT2D eigenvalue weighted by Gasteiger charge is 2.29. The third-order valence-electron chi connectivity index (χ3n) is 7.74. The number of H-pyrrole nitrogens is 1. The molecule has 11 nitrogen and oxygen atoms in total. The molecule has 1 aliphatic carbocycles. The Morgan fingerprint density at radius 2 is 1.71 bits per heavy atom. The quantitative estimate of drug-likeness (QED) is 0.0554. The number of aromatic amines is 1. The molecule has 49 heavy (non-hydrogen) atoms. The molecule has 1 fully saturated rings. The standard InChI is InChI=1S/C36H33N9O2S2/c1-21-17-33(45-44-21)41-32-19-31(42-36(43-32)49-27-13-11-26(12-14-27)39-34(46)24-8-9-24)38-20-22-4-6-23(7-5-22)35(47)40-29-18-25(10-15-28(29)37)30-3-2-16-48-30/h2-7,10-19,24H,8-9,20,37H2,1H3,(H,39,46)(H,40,47)(H3,38,41,42,43,44,45). The van der Waals surface area contributed by atoms with Crippen molar-refractivity contribution < 1.29 is 9.59 Å². The smallest absolute Gasteiger partial charge is 0.255 e. The van der Waals surface area contributed by atoms with Crippen molar-refractivity contribution in [1.29, 1.82) is 0 Å². The minimum absolute atomic E-state index is 0.0747. The fourth-order valence-electron chi connectivity index (χ4n) is 4.96.